The first-order valence-electron chi connectivity index (χ1n) is 2.97. The quantitative estimate of drug-likeness (QED) is 0.650. The Balaban J connectivity index is 2.97. The van der Waals surface area contributed by atoms with Gasteiger partial charge in [0.15, 0.2) is 0 Å². The summed E-state index contributed by atoms with van der Waals surface area (Å²) in [6.45, 7) is 0. The van der Waals surface area contributed by atoms with E-state index in [-0.39, 0.29) is 4.49 Å². The fraction of sp³-hybridized carbons (Fsp3) is 0. The van der Waals surface area contributed by atoms with Crippen molar-refractivity contribution in [1.82, 2.24) is 0 Å². The van der Waals surface area contributed by atoms with Gasteiger partial charge < -0.3 is 0 Å². The zero-order valence-electron chi connectivity index (χ0n) is 5.52. The van der Waals surface area contributed by atoms with Gasteiger partial charge in [0, 0.05) is 5.02 Å². The molecule has 0 aromatic heterocycles. The van der Waals surface area contributed by atoms with Gasteiger partial charge in [-0.2, -0.15) is 0 Å². The van der Waals surface area contributed by atoms with Gasteiger partial charge in [-0.25, -0.2) is 0 Å². The van der Waals surface area contributed by atoms with Crippen LogP contribution < -0.4 is 0 Å². The second kappa shape index (κ2) is 4.01. The smallest absolute Gasteiger partial charge is 0.0843 e. The van der Waals surface area contributed by atoms with Crippen molar-refractivity contribution >= 4 is 40.9 Å². The Morgan fingerprint density at radius 3 is 2.55 bits per heavy atom. The summed E-state index contributed by atoms with van der Waals surface area (Å²) in [5.41, 5.74) is 0.900. The normalized spacial score (nSPS) is 9.36. The van der Waals surface area contributed by atoms with E-state index in [1.807, 2.05) is 12.1 Å². The van der Waals surface area contributed by atoms with Crippen LogP contribution in [0.1, 0.15) is 5.56 Å². The topological polar surface area (TPSA) is 0 Å². The van der Waals surface area contributed by atoms with Gasteiger partial charge in [-0.1, -0.05) is 46.9 Å². The Kier molecular flexibility index (Phi) is 3.25. The summed E-state index contributed by atoms with van der Waals surface area (Å²) in [5.74, 6) is 0. The first-order chi connectivity index (χ1) is 5.18. The lowest BCUT2D eigenvalue weighted by molar-refractivity contribution is 1.66. The Morgan fingerprint density at radius 1 is 1.27 bits per heavy atom. The van der Waals surface area contributed by atoms with Crippen LogP contribution in [-0.2, 0) is 0 Å². The molecule has 0 aliphatic rings. The third kappa shape index (κ3) is 3.15. The van der Waals surface area contributed by atoms with E-state index in [2.05, 4.69) is 0 Å². The standard InChI is InChI=1S/C8H5Cl3/c9-7-3-1-2-6(4-7)5-8(10)11/h1-5H. The van der Waals surface area contributed by atoms with E-state index >= 15 is 0 Å². The first-order valence-corrected chi connectivity index (χ1v) is 4.10. The van der Waals surface area contributed by atoms with Gasteiger partial charge >= 0.3 is 0 Å². The Hall–Kier alpha value is -0.170. The molecule has 0 fully saturated rings. The molecule has 0 aliphatic carbocycles. The van der Waals surface area contributed by atoms with Gasteiger partial charge in [-0.3, -0.25) is 0 Å². The molecule has 0 radical (unpaired) electrons. The zero-order chi connectivity index (χ0) is 8.27. The average Bonchev–Trinajstić information content (AvgIpc) is 1.85. The number of hydrogen-bond donors (Lipinski definition) is 0. The molecule has 0 aliphatic heterocycles. The lowest BCUT2D eigenvalue weighted by atomic mass is 10.2. The highest BCUT2D eigenvalue weighted by molar-refractivity contribution is 6.57. The summed E-state index contributed by atoms with van der Waals surface area (Å²) in [7, 11) is 0. The van der Waals surface area contributed by atoms with Gasteiger partial charge in [0.1, 0.15) is 4.49 Å². The molecule has 0 saturated carbocycles. The van der Waals surface area contributed by atoms with Crippen molar-refractivity contribution < 1.29 is 0 Å². The van der Waals surface area contributed by atoms with Crippen LogP contribution in [0, 0.1) is 0 Å². The highest BCUT2D eigenvalue weighted by Crippen LogP contribution is 2.16. The number of benzene rings is 1. The first kappa shape index (κ1) is 8.92. The van der Waals surface area contributed by atoms with Crippen molar-refractivity contribution in [3.63, 3.8) is 0 Å². The van der Waals surface area contributed by atoms with Crippen molar-refractivity contribution in [3.05, 3.63) is 39.3 Å². The van der Waals surface area contributed by atoms with Crippen molar-refractivity contribution in [2.24, 2.45) is 0 Å². The van der Waals surface area contributed by atoms with Crippen LogP contribution in [0.4, 0.5) is 0 Å². The van der Waals surface area contributed by atoms with E-state index in [9.17, 15) is 0 Å². The lowest BCUT2D eigenvalue weighted by Gasteiger charge is -1.92. The molecule has 1 aromatic rings. The maximum atomic E-state index is 5.71. The zero-order valence-corrected chi connectivity index (χ0v) is 7.79. The summed E-state index contributed by atoms with van der Waals surface area (Å²) in [4.78, 5) is 0. The van der Waals surface area contributed by atoms with Gasteiger partial charge in [-0.15, -0.1) is 0 Å². The Labute approximate surface area is 80.4 Å². The minimum absolute atomic E-state index is 0.229. The van der Waals surface area contributed by atoms with Crippen LogP contribution >= 0.6 is 34.8 Å². The molecule has 0 spiro atoms. The molecular formula is C8H5Cl3. The Morgan fingerprint density at radius 2 is 2.00 bits per heavy atom. The van der Waals surface area contributed by atoms with Crippen LogP contribution in [0.5, 0.6) is 0 Å². The van der Waals surface area contributed by atoms with Gasteiger partial charge in [0.05, 0.1) is 0 Å². The second-order valence-electron chi connectivity index (χ2n) is 1.99. The molecule has 58 valence electrons. The molecule has 0 heterocycles. The van der Waals surface area contributed by atoms with E-state index in [0.29, 0.717) is 5.02 Å². The van der Waals surface area contributed by atoms with Crippen LogP contribution in [0.3, 0.4) is 0 Å². The fourth-order valence-electron chi connectivity index (χ4n) is 0.722. The lowest BCUT2D eigenvalue weighted by Crippen LogP contribution is -1.70. The maximum absolute atomic E-state index is 5.71. The summed E-state index contributed by atoms with van der Waals surface area (Å²) < 4.78 is 0.229. The fourth-order valence-corrected chi connectivity index (χ4v) is 1.17. The summed E-state index contributed by atoms with van der Waals surface area (Å²) in [6.07, 6.45) is 1.63. The van der Waals surface area contributed by atoms with E-state index in [1.54, 1.807) is 18.2 Å². The maximum Gasteiger partial charge on any atom is 0.107 e. The second-order valence-corrected chi connectivity index (χ2v) is 3.43. The monoisotopic (exact) mass is 206 g/mol. The molecule has 0 saturated heterocycles. The van der Waals surface area contributed by atoms with Gasteiger partial charge in [0.2, 0.25) is 0 Å². The molecule has 1 rings (SSSR count). The molecule has 11 heavy (non-hydrogen) atoms. The third-order valence-electron chi connectivity index (χ3n) is 1.12. The van der Waals surface area contributed by atoms with E-state index in [4.69, 9.17) is 34.8 Å². The van der Waals surface area contributed by atoms with Crippen molar-refractivity contribution in [2.75, 3.05) is 0 Å². The van der Waals surface area contributed by atoms with Crippen molar-refractivity contribution in [1.29, 1.82) is 0 Å². The van der Waals surface area contributed by atoms with Crippen LogP contribution in [0.25, 0.3) is 6.08 Å². The molecular weight excluding hydrogens is 202 g/mol. The minimum Gasteiger partial charge on any atom is -0.0843 e. The predicted molar refractivity (Wildman–Crippen MR) is 51.1 cm³/mol. The average molecular weight is 207 g/mol. The van der Waals surface area contributed by atoms with Crippen LogP contribution in [0.2, 0.25) is 5.02 Å². The number of rotatable bonds is 1. The molecule has 0 nitrogen and oxygen atoms in total. The summed E-state index contributed by atoms with van der Waals surface area (Å²) in [6, 6.07) is 7.29. The van der Waals surface area contributed by atoms with Crippen LogP contribution in [-0.4, -0.2) is 0 Å². The predicted octanol–water partition coefficient (Wildman–Crippen LogP) is 4.12. The van der Waals surface area contributed by atoms with Gasteiger partial charge in [-0.05, 0) is 23.8 Å². The largest absolute Gasteiger partial charge is 0.107 e. The molecule has 0 atom stereocenters. The number of hydrogen-bond acceptors (Lipinski definition) is 0. The van der Waals surface area contributed by atoms with E-state index < -0.39 is 0 Å². The summed E-state index contributed by atoms with van der Waals surface area (Å²) in [5, 5.41) is 0.674. The van der Waals surface area contributed by atoms with E-state index in [0.717, 1.165) is 5.56 Å². The van der Waals surface area contributed by atoms with Crippen LogP contribution in [0.15, 0.2) is 28.8 Å². The Bertz CT molecular complexity index is 274. The van der Waals surface area contributed by atoms with Gasteiger partial charge in [0.25, 0.3) is 0 Å². The van der Waals surface area contributed by atoms with Crippen molar-refractivity contribution in [3.8, 4) is 0 Å². The molecule has 0 unspecified atom stereocenters. The highest BCUT2D eigenvalue weighted by atomic mass is 35.5. The number of halogens is 3. The third-order valence-corrected chi connectivity index (χ3v) is 1.58. The molecule has 0 amide bonds. The SMILES string of the molecule is ClC(Cl)=Cc1cccc(Cl)c1. The van der Waals surface area contributed by atoms with Crippen molar-refractivity contribution in [2.45, 2.75) is 0 Å². The minimum atomic E-state index is 0.229. The molecule has 0 bridgehead atoms. The van der Waals surface area contributed by atoms with E-state index in [1.165, 1.54) is 0 Å². The molecule has 3 heteroatoms. The highest BCUT2D eigenvalue weighted by Gasteiger charge is 1.90. The molecule has 0 N–H and O–H groups in total. The summed E-state index contributed by atoms with van der Waals surface area (Å²) >= 11 is 16.6. The molecule has 1 aromatic carbocycles.